The summed E-state index contributed by atoms with van der Waals surface area (Å²) in [7, 11) is 0. The zero-order valence-corrected chi connectivity index (χ0v) is 16.0. The van der Waals surface area contributed by atoms with Crippen LogP contribution in [0, 0.1) is 22.7 Å². The second kappa shape index (κ2) is 4.71. The molecule has 0 saturated heterocycles. The molecule has 1 aliphatic heterocycles. The van der Waals surface area contributed by atoms with Crippen LogP contribution in [0.15, 0.2) is 30.3 Å². The van der Waals surface area contributed by atoms with Crippen molar-refractivity contribution in [3.63, 3.8) is 0 Å². The highest BCUT2D eigenvalue weighted by atomic mass is 16.3. The second-order valence-corrected chi connectivity index (χ2v) is 10.1. The van der Waals surface area contributed by atoms with Crippen molar-refractivity contribution in [2.24, 2.45) is 22.7 Å². The molecule has 2 heteroatoms. The first-order valence-electron chi connectivity index (χ1n) is 10.1. The SMILES string of the molecule is CC1(C)[C@H](O)CC[C@]2(C)[C@H]3Cc4cc5ccccc5n4[C@]3(C)CC[C@@H]12. The van der Waals surface area contributed by atoms with Crippen molar-refractivity contribution in [1.29, 1.82) is 0 Å². The lowest BCUT2D eigenvalue weighted by Gasteiger charge is -2.62. The van der Waals surface area contributed by atoms with Gasteiger partial charge in [-0.2, -0.15) is 0 Å². The predicted octanol–water partition coefficient (Wildman–Crippen LogP) is 5.13. The quantitative estimate of drug-likeness (QED) is 0.708. The second-order valence-electron chi connectivity index (χ2n) is 10.1. The molecular weight excluding hydrogens is 306 g/mol. The molecule has 2 nitrogen and oxygen atoms in total. The van der Waals surface area contributed by atoms with Crippen LogP contribution in [0.1, 0.15) is 59.1 Å². The van der Waals surface area contributed by atoms with Crippen LogP contribution in [-0.4, -0.2) is 15.8 Å². The maximum atomic E-state index is 10.7. The number of rotatable bonds is 0. The van der Waals surface area contributed by atoms with Gasteiger partial charge in [-0.05, 0) is 79.2 Å². The normalized spacial score (nSPS) is 42.0. The van der Waals surface area contributed by atoms with Crippen LogP contribution in [0.25, 0.3) is 10.9 Å². The maximum Gasteiger partial charge on any atom is 0.0594 e. The third kappa shape index (κ3) is 1.79. The summed E-state index contributed by atoms with van der Waals surface area (Å²) in [5.41, 5.74) is 3.53. The number of aromatic nitrogens is 1. The number of hydrogen-bond acceptors (Lipinski definition) is 1. The molecule has 25 heavy (non-hydrogen) atoms. The smallest absolute Gasteiger partial charge is 0.0594 e. The fourth-order valence-corrected chi connectivity index (χ4v) is 7.41. The number of fused-ring (bicyclic) bond motifs is 7. The number of aliphatic hydroxyl groups excluding tert-OH is 1. The topological polar surface area (TPSA) is 25.2 Å². The van der Waals surface area contributed by atoms with Crippen LogP contribution in [-0.2, 0) is 12.0 Å². The van der Waals surface area contributed by atoms with Gasteiger partial charge in [0, 0.05) is 16.7 Å². The van der Waals surface area contributed by atoms with Gasteiger partial charge in [0.25, 0.3) is 0 Å². The Labute approximate surface area is 151 Å². The first-order valence-corrected chi connectivity index (χ1v) is 10.1. The van der Waals surface area contributed by atoms with E-state index >= 15 is 0 Å². The van der Waals surface area contributed by atoms with E-state index in [4.69, 9.17) is 0 Å². The van der Waals surface area contributed by atoms with Gasteiger partial charge in [0.15, 0.2) is 0 Å². The molecule has 0 unspecified atom stereocenters. The summed E-state index contributed by atoms with van der Waals surface area (Å²) in [6.07, 6.45) is 5.66. The van der Waals surface area contributed by atoms with Crippen molar-refractivity contribution >= 4 is 10.9 Å². The zero-order chi connectivity index (χ0) is 17.6. The van der Waals surface area contributed by atoms with Crippen molar-refractivity contribution in [2.45, 2.75) is 71.4 Å². The van der Waals surface area contributed by atoms with Crippen LogP contribution >= 0.6 is 0 Å². The number of para-hydroxylation sites is 1. The Hall–Kier alpha value is -1.28. The Bertz CT molecular complexity index is 849. The summed E-state index contributed by atoms with van der Waals surface area (Å²) in [5.74, 6) is 1.31. The minimum absolute atomic E-state index is 0.0354. The van der Waals surface area contributed by atoms with Crippen LogP contribution in [0.3, 0.4) is 0 Å². The van der Waals surface area contributed by atoms with E-state index in [-0.39, 0.29) is 17.1 Å². The molecule has 134 valence electrons. The molecule has 0 spiro atoms. The van der Waals surface area contributed by atoms with Crippen LogP contribution < -0.4 is 0 Å². The first kappa shape index (κ1) is 15.9. The molecule has 2 aliphatic carbocycles. The van der Waals surface area contributed by atoms with Gasteiger partial charge >= 0.3 is 0 Å². The lowest BCUT2D eigenvalue weighted by Crippen LogP contribution is -2.59. The minimum atomic E-state index is -0.143. The largest absolute Gasteiger partial charge is 0.393 e. The molecule has 1 aromatic heterocycles. The summed E-state index contributed by atoms with van der Waals surface area (Å²) >= 11 is 0. The summed E-state index contributed by atoms with van der Waals surface area (Å²) in [5, 5.41) is 12.1. The molecular formula is C23H31NO. The van der Waals surface area contributed by atoms with E-state index in [0.29, 0.717) is 17.3 Å². The number of benzene rings is 1. The lowest BCUT2D eigenvalue weighted by molar-refractivity contribution is -0.158. The number of aliphatic hydroxyl groups is 1. The van der Waals surface area contributed by atoms with Crippen molar-refractivity contribution in [2.75, 3.05) is 0 Å². The number of hydrogen-bond donors (Lipinski definition) is 1. The highest BCUT2D eigenvalue weighted by Crippen LogP contribution is 2.66. The lowest BCUT2D eigenvalue weighted by atomic mass is 9.44. The molecule has 2 heterocycles. The molecule has 0 bridgehead atoms. The molecule has 2 saturated carbocycles. The van der Waals surface area contributed by atoms with Crippen LogP contribution in [0.2, 0.25) is 0 Å². The summed E-state index contributed by atoms with van der Waals surface area (Å²) < 4.78 is 2.69. The summed E-state index contributed by atoms with van der Waals surface area (Å²) in [6.45, 7) is 9.68. The highest BCUT2D eigenvalue weighted by molar-refractivity contribution is 5.82. The van der Waals surface area contributed by atoms with Gasteiger partial charge in [-0.15, -0.1) is 0 Å². The molecule has 0 amide bonds. The Kier molecular flexibility index (Phi) is 3.00. The van der Waals surface area contributed by atoms with Crippen molar-refractivity contribution in [3.05, 3.63) is 36.0 Å². The van der Waals surface area contributed by atoms with E-state index in [9.17, 15) is 5.11 Å². The Morgan fingerprint density at radius 2 is 1.76 bits per heavy atom. The monoisotopic (exact) mass is 337 g/mol. The molecule has 2 aromatic rings. The van der Waals surface area contributed by atoms with E-state index in [1.54, 1.807) is 0 Å². The first-order chi connectivity index (χ1) is 11.8. The van der Waals surface area contributed by atoms with Crippen LogP contribution in [0.4, 0.5) is 0 Å². The standard InChI is InChI=1S/C23H31NO/c1-21(2)18-9-12-23(4)19(22(18,3)11-10-20(21)25)14-16-13-15-7-5-6-8-17(15)24(16)23/h5-8,13,18-20,25H,9-12,14H2,1-4H3/t18-,19+,20+,22-,23+/m0/s1. The molecule has 1 N–H and O–H groups in total. The van der Waals surface area contributed by atoms with Gasteiger partial charge in [0.2, 0.25) is 0 Å². The van der Waals surface area contributed by atoms with E-state index in [1.165, 1.54) is 42.3 Å². The van der Waals surface area contributed by atoms with Crippen molar-refractivity contribution in [3.8, 4) is 0 Å². The van der Waals surface area contributed by atoms with E-state index < -0.39 is 0 Å². The molecule has 3 aliphatic rings. The zero-order valence-electron chi connectivity index (χ0n) is 16.0. The van der Waals surface area contributed by atoms with Gasteiger partial charge in [-0.25, -0.2) is 0 Å². The predicted molar refractivity (Wildman–Crippen MR) is 103 cm³/mol. The molecule has 1 aromatic carbocycles. The van der Waals surface area contributed by atoms with E-state index in [2.05, 4.69) is 62.6 Å². The maximum absolute atomic E-state index is 10.7. The van der Waals surface area contributed by atoms with E-state index in [1.807, 2.05) is 0 Å². The van der Waals surface area contributed by atoms with Gasteiger partial charge in [0.1, 0.15) is 0 Å². The minimum Gasteiger partial charge on any atom is -0.393 e. The van der Waals surface area contributed by atoms with Crippen molar-refractivity contribution in [1.82, 2.24) is 4.57 Å². The van der Waals surface area contributed by atoms with E-state index in [0.717, 1.165) is 6.42 Å². The average molecular weight is 338 g/mol. The third-order valence-electron chi connectivity index (χ3n) is 8.71. The fraction of sp³-hybridized carbons (Fsp3) is 0.652. The number of nitrogens with zero attached hydrogens (tertiary/aromatic N) is 1. The van der Waals surface area contributed by atoms with Gasteiger partial charge in [-0.1, -0.05) is 39.0 Å². The van der Waals surface area contributed by atoms with Gasteiger partial charge in [0.05, 0.1) is 6.10 Å². The van der Waals surface area contributed by atoms with Gasteiger partial charge in [-0.3, -0.25) is 0 Å². The summed E-state index contributed by atoms with van der Waals surface area (Å²) in [6, 6.07) is 11.3. The fourth-order valence-electron chi connectivity index (χ4n) is 7.41. The molecule has 2 fully saturated rings. The molecule has 5 rings (SSSR count). The highest BCUT2D eigenvalue weighted by Gasteiger charge is 2.62. The third-order valence-corrected chi connectivity index (χ3v) is 8.71. The summed E-state index contributed by atoms with van der Waals surface area (Å²) in [4.78, 5) is 0. The van der Waals surface area contributed by atoms with Crippen molar-refractivity contribution < 1.29 is 5.11 Å². The Balaban J connectivity index is 1.65. The molecule has 5 atom stereocenters. The average Bonchev–Trinajstić information content (AvgIpc) is 3.07. The Morgan fingerprint density at radius 1 is 1.00 bits per heavy atom. The van der Waals surface area contributed by atoms with Gasteiger partial charge < -0.3 is 9.67 Å². The Morgan fingerprint density at radius 3 is 2.56 bits per heavy atom. The van der Waals surface area contributed by atoms with Crippen LogP contribution in [0.5, 0.6) is 0 Å². The molecule has 0 radical (unpaired) electrons.